The first-order valence-electron chi connectivity index (χ1n) is 7.97. The van der Waals surface area contributed by atoms with Crippen molar-refractivity contribution in [2.24, 2.45) is 0 Å². The fraction of sp³-hybridized carbons (Fsp3) is 0.647. The lowest BCUT2D eigenvalue weighted by Gasteiger charge is -2.32. The van der Waals surface area contributed by atoms with E-state index in [0.717, 1.165) is 26.1 Å². The summed E-state index contributed by atoms with van der Waals surface area (Å²) in [5, 5.41) is 3.53. The highest BCUT2D eigenvalue weighted by atomic mass is 19.1. The fourth-order valence-corrected chi connectivity index (χ4v) is 3.21. The molecule has 1 aromatic rings. The molecule has 2 unspecified atom stereocenters. The summed E-state index contributed by atoms with van der Waals surface area (Å²) >= 11 is 0. The Labute approximate surface area is 127 Å². The zero-order chi connectivity index (χ0) is 15.2. The van der Waals surface area contributed by atoms with Crippen molar-refractivity contribution in [3.8, 4) is 5.75 Å². The summed E-state index contributed by atoms with van der Waals surface area (Å²) in [5.74, 6) is 0.463. The molecule has 4 heteroatoms. The number of hydrogen-bond acceptors (Lipinski definition) is 3. The van der Waals surface area contributed by atoms with Crippen LogP contribution in [0.25, 0.3) is 0 Å². The van der Waals surface area contributed by atoms with E-state index in [1.54, 1.807) is 13.2 Å². The number of ether oxygens (including phenoxy) is 1. The number of benzene rings is 1. The van der Waals surface area contributed by atoms with Crippen LogP contribution >= 0.6 is 0 Å². The zero-order valence-corrected chi connectivity index (χ0v) is 13.4. The third-order valence-electron chi connectivity index (χ3n) is 4.33. The minimum absolute atomic E-state index is 0.0171. The van der Waals surface area contributed by atoms with Crippen molar-refractivity contribution in [2.75, 3.05) is 26.7 Å². The van der Waals surface area contributed by atoms with Gasteiger partial charge in [0.05, 0.1) is 7.11 Å². The van der Waals surface area contributed by atoms with Crippen molar-refractivity contribution in [3.05, 3.63) is 29.6 Å². The molecule has 1 heterocycles. The maximum Gasteiger partial charge on any atom is 0.131 e. The largest absolute Gasteiger partial charge is 0.496 e. The van der Waals surface area contributed by atoms with E-state index in [9.17, 15) is 4.39 Å². The number of nitrogens with one attached hydrogen (secondary N) is 1. The van der Waals surface area contributed by atoms with Gasteiger partial charge in [0.25, 0.3) is 0 Å². The Morgan fingerprint density at radius 2 is 2.29 bits per heavy atom. The predicted octanol–water partition coefficient (Wildman–Crippen LogP) is 3.36. The van der Waals surface area contributed by atoms with Gasteiger partial charge in [0.1, 0.15) is 11.6 Å². The average Bonchev–Trinajstić information content (AvgIpc) is 2.99. The second-order valence-corrected chi connectivity index (χ2v) is 5.82. The lowest BCUT2D eigenvalue weighted by atomic mass is 10.0. The maximum absolute atomic E-state index is 14.3. The van der Waals surface area contributed by atoms with Gasteiger partial charge in [0, 0.05) is 24.2 Å². The van der Waals surface area contributed by atoms with Crippen LogP contribution in [0.3, 0.4) is 0 Å². The van der Waals surface area contributed by atoms with Crippen molar-refractivity contribution in [1.82, 2.24) is 10.2 Å². The van der Waals surface area contributed by atoms with E-state index < -0.39 is 0 Å². The molecular weight excluding hydrogens is 267 g/mol. The minimum Gasteiger partial charge on any atom is -0.496 e. The molecule has 1 aliphatic heterocycles. The molecule has 118 valence electrons. The van der Waals surface area contributed by atoms with E-state index in [0.29, 0.717) is 17.4 Å². The first-order valence-corrected chi connectivity index (χ1v) is 7.97. The topological polar surface area (TPSA) is 24.5 Å². The quantitative estimate of drug-likeness (QED) is 0.834. The van der Waals surface area contributed by atoms with Gasteiger partial charge in [0.15, 0.2) is 0 Å². The van der Waals surface area contributed by atoms with Crippen molar-refractivity contribution in [1.29, 1.82) is 0 Å². The van der Waals surface area contributed by atoms with Gasteiger partial charge in [-0.1, -0.05) is 13.0 Å². The lowest BCUT2D eigenvalue weighted by molar-refractivity contribution is 0.185. The highest BCUT2D eigenvalue weighted by molar-refractivity contribution is 5.37. The zero-order valence-electron chi connectivity index (χ0n) is 13.4. The van der Waals surface area contributed by atoms with Crippen LogP contribution in [0.15, 0.2) is 18.2 Å². The van der Waals surface area contributed by atoms with Crippen molar-refractivity contribution >= 4 is 0 Å². The number of hydrogen-bond donors (Lipinski definition) is 1. The average molecular weight is 294 g/mol. The molecule has 1 saturated heterocycles. The highest BCUT2D eigenvalue weighted by Gasteiger charge is 2.25. The molecule has 0 spiro atoms. The summed E-state index contributed by atoms with van der Waals surface area (Å²) in [6, 6.07) is 5.60. The normalized spacial score (nSPS) is 20.0. The van der Waals surface area contributed by atoms with E-state index >= 15 is 0 Å². The molecule has 1 aliphatic rings. The molecule has 0 saturated carbocycles. The van der Waals surface area contributed by atoms with Gasteiger partial charge in [-0.2, -0.15) is 0 Å². The molecule has 0 aromatic heterocycles. The summed E-state index contributed by atoms with van der Waals surface area (Å²) in [4.78, 5) is 2.37. The molecule has 0 aliphatic carbocycles. The summed E-state index contributed by atoms with van der Waals surface area (Å²) in [6.07, 6.45) is 3.51. The van der Waals surface area contributed by atoms with Crippen LogP contribution in [0.4, 0.5) is 4.39 Å². The Balaban J connectivity index is 2.18. The van der Waals surface area contributed by atoms with Gasteiger partial charge in [0.2, 0.25) is 0 Å². The molecule has 2 rings (SSSR count). The van der Waals surface area contributed by atoms with E-state index in [4.69, 9.17) is 4.74 Å². The molecule has 3 nitrogen and oxygen atoms in total. The summed E-state index contributed by atoms with van der Waals surface area (Å²) in [7, 11) is 1.60. The van der Waals surface area contributed by atoms with Gasteiger partial charge >= 0.3 is 0 Å². The van der Waals surface area contributed by atoms with Gasteiger partial charge in [-0.3, -0.25) is 4.90 Å². The van der Waals surface area contributed by atoms with Crippen LogP contribution in [0, 0.1) is 5.82 Å². The number of halogens is 1. The van der Waals surface area contributed by atoms with Crippen LogP contribution in [-0.4, -0.2) is 37.7 Å². The molecule has 0 amide bonds. The van der Waals surface area contributed by atoms with Crippen LogP contribution in [0.5, 0.6) is 5.75 Å². The van der Waals surface area contributed by atoms with Crippen LogP contribution < -0.4 is 10.1 Å². The van der Waals surface area contributed by atoms with E-state index in [1.807, 2.05) is 6.07 Å². The standard InChI is InChI=1S/C17H27FN2O/c1-4-11-20(12-14-7-6-10-19-14)13(2)17-15(18)8-5-9-16(17)21-3/h5,8-9,13-14,19H,4,6-7,10-12H2,1-3H3. The van der Waals surface area contributed by atoms with Crippen molar-refractivity contribution in [3.63, 3.8) is 0 Å². The van der Waals surface area contributed by atoms with Crippen LogP contribution in [-0.2, 0) is 0 Å². The molecule has 2 atom stereocenters. The lowest BCUT2D eigenvalue weighted by Crippen LogP contribution is -2.39. The highest BCUT2D eigenvalue weighted by Crippen LogP contribution is 2.32. The molecule has 1 fully saturated rings. The molecule has 1 aromatic carbocycles. The summed E-state index contributed by atoms with van der Waals surface area (Å²) in [5.41, 5.74) is 0.673. The number of rotatable bonds is 7. The summed E-state index contributed by atoms with van der Waals surface area (Å²) in [6.45, 7) is 7.28. The third-order valence-corrected chi connectivity index (χ3v) is 4.33. The first kappa shape index (κ1) is 16.2. The van der Waals surface area contributed by atoms with E-state index in [-0.39, 0.29) is 11.9 Å². The van der Waals surface area contributed by atoms with Gasteiger partial charge < -0.3 is 10.1 Å². The van der Waals surface area contributed by atoms with Gasteiger partial charge in [-0.05, 0) is 51.4 Å². The first-order chi connectivity index (χ1) is 10.2. The van der Waals surface area contributed by atoms with Gasteiger partial charge in [-0.15, -0.1) is 0 Å². The SMILES string of the molecule is CCCN(CC1CCCN1)C(C)c1c(F)cccc1OC. The Hall–Kier alpha value is -1.13. The number of nitrogens with zero attached hydrogens (tertiary/aromatic N) is 1. The van der Waals surface area contributed by atoms with Crippen molar-refractivity contribution in [2.45, 2.75) is 45.2 Å². The Kier molecular flexibility index (Phi) is 6.00. The smallest absolute Gasteiger partial charge is 0.131 e. The van der Waals surface area contributed by atoms with Crippen LogP contribution in [0.2, 0.25) is 0 Å². The minimum atomic E-state index is -0.178. The third kappa shape index (κ3) is 3.95. The second-order valence-electron chi connectivity index (χ2n) is 5.82. The monoisotopic (exact) mass is 294 g/mol. The second kappa shape index (κ2) is 7.76. The molecule has 0 bridgehead atoms. The summed E-state index contributed by atoms with van der Waals surface area (Å²) < 4.78 is 19.6. The predicted molar refractivity (Wildman–Crippen MR) is 84.3 cm³/mol. The van der Waals surface area contributed by atoms with E-state index in [2.05, 4.69) is 24.1 Å². The Morgan fingerprint density at radius 1 is 1.48 bits per heavy atom. The molecular formula is C17H27FN2O. The van der Waals surface area contributed by atoms with Crippen LogP contribution in [0.1, 0.15) is 44.7 Å². The molecule has 1 N–H and O–H groups in total. The molecule has 21 heavy (non-hydrogen) atoms. The van der Waals surface area contributed by atoms with E-state index in [1.165, 1.54) is 18.9 Å². The fourth-order valence-electron chi connectivity index (χ4n) is 3.21. The maximum atomic E-state index is 14.3. The molecule has 0 radical (unpaired) electrons. The number of methoxy groups -OCH3 is 1. The van der Waals surface area contributed by atoms with Crippen molar-refractivity contribution < 1.29 is 9.13 Å². The Morgan fingerprint density at radius 3 is 2.90 bits per heavy atom. The van der Waals surface area contributed by atoms with Gasteiger partial charge in [-0.25, -0.2) is 4.39 Å². The Bertz CT molecular complexity index is 446.